The third-order valence-electron chi connectivity index (χ3n) is 5.25. The lowest BCUT2D eigenvalue weighted by molar-refractivity contribution is -0.0721. The number of rotatable bonds is 8. The number of hydrogen-bond donors (Lipinski definition) is 1. The highest BCUT2D eigenvalue weighted by molar-refractivity contribution is 14.0. The number of furan rings is 1. The van der Waals surface area contributed by atoms with Crippen molar-refractivity contribution in [1.29, 1.82) is 0 Å². The molecule has 1 atom stereocenters. The summed E-state index contributed by atoms with van der Waals surface area (Å²) in [7, 11) is 0. The molecule has 2 saturated heterocycles. The summed E-state index contributed by atoms with van der Waals surface area (Å²) >= 11 is 0. The number of piperidine rings is 1. The van der Waals surface area contributed by atoms with E-state index < -0.39 is 0 Å². The number of nitrogens with zero attached hydrogens (tertiary/aromatic N) is 2. The zero-order valence-corrected chi connectivity index (χ0v) is 19.4. The van der Waals surface area contributed by atoms with Crippen molar-refractivity contribution in [2.75, 3.05) is 39.4 Å². The van der Waals surface area contributed by atoms with Crippen molar-refractivity contribution < 1.29 is 13.9 Å². The summed E-state index contributed by atoms with van der Waals surface area (Å²) < 4.78 is 17.3. The fourth-order valence-electron chi connectivity index (χ4n) is 3.65. The maximum Gasteiger partial charge on any atom is 0.193 e. The average molecular weight is 505 g/mol. The van der Waals surface area contributed by atoms with Crippen LogP contribution in [0, 0.1) is 0 Å². The van der Waals surface area contributed by atoms with E-state index in [1.54, 1.807) is 6.26 Å². The van der Waals surface area contributed by atoms with Gasteiger partial charge in [-0.1, -0.05) is 6.92 Å². The van der Waals surface area contributed by atoms with Crippen molar-refractivity contribution in [2.24, 2.45) is 4.99 Å². The summed E-state index contributed by atoms with van der Waals surface area (Å²) in [6, 6.07) is 3.95. The van der Waals surface area contributed by atoms with E-state index in [0.29, 0.717) is 12.2 Å². The van der Waals surface area contributed by atoms with Crippen LogP contribution in [-0.2, 0) is 15.9 Å². The van der Waals surface area contributed by atoms with Gasteiger partial charge in [-0.3, -0.25) is 4.99 Å². The van der Waals surface area contributed by atoms with Crippen LogP contribution in [0.4, 0.5) is 0 Å². The van der Waals surface area contributed by atoms with Gasteiger partial charge in [0.05, 0.1) is 25.1 Å². The fraction of sp³-hybridized carbons (Fsp3) is 0.762. The Bertz CT molecular complexity index is 539. The molecule has 2 aliphatic heterocycles. The Hall–Kier alpha value is -0.800. The molecule has 1 unspecified atom stereocenters. The maximum absolute atomic E-state index is 6.14. The van der Waals surface area contributed by atoms with Crippen molar-refractivity contribution in [3.05, 3.63) is 24.2 Å². The Kier molecular flexibility index (Phi) is 11.3. The molecule has 2 aliphatic rings. The molecule has 2 fully saturated rings. The highest BCUT2D eigenvalue weighted by Gasteiger charge is 2.23. The fourth-order valence-corrected chi connectivity index (χ4v) is 3.65. The van der Waals surface area contributed by atoms with Crippen LogP contribution >= 0.6 is 24.0 Å². The van der Waals surface area contributed by atoms with E-state index >= 15 is 0 Å². The second-order valence-electron chi connectivity index (χ2n) is 7.47. The summed E-state index contributed by atoms with van der Waals surface area (Å²) in [6.45, 7) is 7.50. The summed E-state index contributed by atoms with van der Waals surface area (Å²) in [5.41, 5.74) is 0. The third kappa shape index (κ3) is 7.91. The first-order valence-corrected chi connectivity index (χ1v) is 10.6. The zero-order chi connectivity index (χ0) is 18.7. The second-order valence-corrected chi connectivity index (χ2v) is 7.47. The van der Waals surface area contributed by atoms with Gasteiger partial charge in [0.15, 0.2) is 5.96 Å². The maximum atomic E-state index is 6.14. The number of ether oxygens (including phenoxy) is 2. The first-order chi connectivity index (χ1) is 13.3. The van der Waals surface area contributed by atoms with Gasteiger partial charge in [-0.2, -0.15) is 0 Å². The Balaban J connectivity index is 0.00000280. The molecule has 0 bridgehead atoms. The standard InChI is InChI=1S/C21H35N3O3.HI/c1-2-11-22-21(23-12-8-18-7-5-16-25-18)24-13-9-19(10-14-24)27-17-20-6-3-4-15-26-20;/h5,7,16,19-20H,2-4,6,8-15,17H2,1H3,(H,22,23);1H. The molecule has 0 saturated carbocycles. The van der Waals surface area contributed by atoms with Crippen LogP contribution in [0.1, 0.15) is 51.2 Å². The number of guanidine groups is 1. The van der Waals surface area contributed by atoms with Crippen molar-refractivity contribution in [3.63, 3.8) is 0 Å². The lowest BCUT2D eigenvalue weighted by atomic mass is 10.1. The van der Waals surface area contributed by atoms with E-state index in [1.165, 1.54) is 12.8 Å². The Morgan fingerprint density at radius 3 is 2.82 bits per heavy atom. The zero-order valence-electron chi connectivity index (χ0n) is 17.1. The van der Waals surface area contributed by atoms with Crippen LogP contribution in [0.3, 0.4) is 0 Å². The minimum Gasteiger partial charge on any atom is -0.469 e. The SMILES string of the molecule is CCCN=C(NCCc1ccco1)N1CCC(OCC2CCCCO2)CC1.I. The predicted octanol–water partition coefficient (Wildman–Crippen LogP) is 3.85. The molecule has 0 radical (unpaired) electrons. The number of halogens is 1. The van der Waals surface area contributed by atoms with Gasteiger partial charge in [-0.05, 0) is 50.7 Å². The minimum absolute atomic E-state index is 0. The highest BCUT2D eigenvalue weighted by Crippen LogP contribution is 2.18. The minimum atomic E-state index is 0. The van der Waals surface area contributed by atoms with Gasteiger partial charge in [0.2, 0.25) is 0 Å². The van der Waals surface area contributed by atoms with Crippen molar-refractivity contribution >= 4 is 29.9 Å². The molecule has 3 rings (SSSR count). The lowest BCUT2D eigenvalue weighted by Gasteiger charge is -2.35. The van der Waals surface area contributed by atoms with Crippen LogP contribution < -0.4 is 5.32 Å². The van der Waals surface area contributed by atoms with E-state index in [9.17, 15) is 0 Å². The molecule has 0 spiro atoms. The van der Waals surface area contributed by atoms with Crippen LogP contribution in [-0.4, -0.2) is 62.5 Å². The highest BCUT2D eigenvalue weighted by atomic mass is 127. The number of likely N-dealkylation sites (tertiary alicyclic amines) is 1. The van der Waals surface area contributed by atoms with Crippen molar-refractivity contribution in [2.45, 2.75) is 64.1 Å². The normalized spacial score (nSPS) is 21.4. The first kappa shape index (κ1) is 23.5. The molecular formula is C21H36IN3O3. The molecule has 0 amide bonds. The second kappa shape index (κ2) is 13.4. The van der Waals surface area contributed by atoms with Gasteiger partial charge >= 0.3 is 0 Å². The quantitative estimate of drug-likeness (QED) is 0.331. The first-order valence-electron chi connectivity index (χ1n) is 10.6. The summed E-state index contributed by atoms with van der Waals surface area (Å²) in [4.78, 5) is 7.14. The Morgan fingerprint density at radius 2 is 2.14 bits per heavy atom. The van der Waals surface area contributed by atoms with E-state index in [0.717, 1.165) is 83.2 Å². The molecule has 1 aromatic rings. The van der Waals surface area contributed by atoms with E-state index in [4.69, 9.17) is 18.9 Å². The molecule has 0 aromatic carbocycles. The molecule has 0 aliphatic carbocycles. The molecular weight excluding hydrogens is 469 g/mol. The smallest absolute Gasteiger partial charge is 0.193 e. The molecule has 28 heavy (non-hydrogen) atoms. The molecule has 7 heteroatoms. The van der Waals surface area contributed by atoms with Gasteiger partial charge in [0.25, 0.3) is 0 Å². The topological polar surface area (TPSA) is 59.2 Å². The molecule has 3 heterocycles. The van der Waals surface area contributed by atoms with E-state index in [-0.39, 0.29) is 24.0 Å². The van der Waals surface area contributed by atoms with Crippen LogP contribution in [0.25, 0.3) is 0 Å². The molecule has 160 valence electrons. The van der Waals surface area contributed by atoms with Crippen LogP contribution in [0.2, 0.25) is 0 Å². The summed E-state index contributed by atoms with van der Waals surface area (Å²) in [5.74, 6) is 2.03. The Morgan fingerprint density at radius 1 is 1.29 bits per heavy atom. The van der Waals surface area contributed by atoms with Gasteiger partial charge in [-0.25, -0.2) is 0 Å². The largest absolute Gasteiger partial charge is 0.469 e. The monoisotopic (exact) mass is 505 g/mol. The lowest BCUT2D eigenvalue weighted by Crippen LogP contribution is -2.47. The number of hydrogen-bond acceptors (Lipinski definition) is 4. The van der Waals surface area contributed by atoms with Crippen molar-refractivity contribution in [3.8, 4) is 0 Å². The van der Waals surface area contributed by atoms with Gasteiger partial charge in [-0.15, -0.1) is 24.0 Å². The van der Waals surface area contributed by atoms with Gasteiger partial charge < -0.3 is 24.1 Å². The van der Waals surface area contributed by atoms with E-state index in [2.05, 4.69) is 17.1 Å². The third-order valence-corrected chi connectivity index (χ3v) is 5.25. The Labute approximate surface area is 186 Å². The molecule has 6 nitrogen and oxygen atoms in total. The van der Waals surface area contributed by atoms with Crippen molar-refractivity contribution in [1.82, 2.24) is 10.2 Å². The van der Waals surface area contributed by atoms with Crippen LogP contribution in [0.15, 0.2) is 27.8 Å². The average Bonchev–Trinajstić information content (AvgIpc) is 3.24. The molecule has 1 aromatic heterocycles. The summed E-state index contributed by atoms with van der Waals surface area (Å²) in [5, 5.41) is 3.52. The van der Waals surface area contributed by atoms with Gasteiger partial charge in [0, 0.05) is 39.2 Å². The summed E-state index contributed by atoms with van der Waals surface area (Å²) in [6.07, 6.45) is 10.0. The predicted molar refractivity (Wildman–Crippen MR) is 123 cm³/mol. The number of aliphatic imine (C=N–C) groups is 1. The van der Waals surface area contributed by atoms with Gasteiger partial charge in [0.1, 0.15) is 5.76 Å². The van der Waals surface area contributed by atoms with E-state index in [1.807, 2.05) is 12.1 Å². The number of nitrogens with one attached hydrogen (secondary N) is 1. The van der Waals surface area contributed by atoms with Crippen LogP contribution in [0.5, 0.6) is 0 Å². The molecule has 1 N–H and O–H groups in total.